The summed E-state index contributed by atoms with van der Waals surface area (Å²) in [5, 5.41) is 2.64. The number of methoxy groups -OCH3 is 1. The van der Waals surface area contributed by atoms with E-state index in [0.29, 0.717) is 5.39 Å². The van der Waals surface area contributed by atoms with Crippen LogP contribution in [0.15, 0.2) is 47.3 Å². The Balaban J connectivity index is 2.27. The molecule has 0 fully saturated rings. The highest BCUT2D eigenvalue weighted by atomic mass is 16.5. The maximum atomic E-state index is 12.4. The molecule has 0 unspecified atom stereocenters. The zero-order valence-electron chi connectivity index (χ0n) is 10.9. The molecule has 0 amide bonds. The largest absolute Gasteiger partial charge is 0.497 e. The Morgan fingerprint density at radius 3 is 2.65 bits per heavy atom. The molecule has 2 aromatic heterocycles. The van der Waals surface area contributed by atoms with Gasteiger partial charge in [-0.05, 0) is 18.2 Å². The topological polar surface area (TPSA) is 57.9 Å². The molecule has 2 aromatic carbocycles. The molecule has 4 rings (SSSR count). The fraction of sp³-hybridized carbons (Fsp3) is 0.0625. The van der Waals surface area contributed by atoms with E-state index in [-0.39, 0.29) is 5.56 Å². The lowest BCUT2D eigenvalue weighted by molar-refractivity contribution is 0.415. The van der Waals surface area contributed by atoms with Crippen LogP contribution in [0.5, 0.6) is 5.75 Å². The third kappa shape index (κ3) is 1.39. The van der Waals surface area contributed by atoms with Crippen molar-refractivity contribution in [2.24, 2.45) is 0 Å². The summed E-state index contributed by atoms with van der Waals surface area (Å²) < 4.78 is 5.20. The van der Waals surface area contributed by atoms with Crippen molar-refractivity contribution < 1.29 is 4.74 Å². The zero-order valence-corrected chi connectivity index (χ0v) is 10.9. The molecule has 4 heteroatoms. The number of para-hydroxylation sites is 1. The fourth-order valence-corrected chi connectivity index (χ4v) is 2.74. The number of ether oxygens (including phenoxy) is 1. The van der Waals surface area contributed by atoms with Crippen LogP contribution in [0, 0.1) is 0 Å². The second kappa shape index (κ2) is 3.87. The number of nitrogens with one attached hydrogen (secondary N) is 2. The highest BCUT2D eigenvalue weighted by Gasteiger charge is 2.11. The third-order valence-electron chi connectivity index (χ3n) is 3.68. The Morgan fingerprint density at radius 2 is 1.80 bits per heavy atom. The van der Waals surface area contributed by atoms with Crippen LogP contribution in [0.2, 0.25) is 0 Å². The molecule has 0 bridgehead atoms. The minimum atomic E-state index is -0.0850. The Morgan fingerprint density at radius 1 is 0.950 bits per heavy atom. The predicted molar refractivity (Wildman–Crippen MR) is 80.5 cm³/mol. The number of hydrogen-bond acceptors (Lipinski definition) is 2. The van der Waals surface area contributed by atoms with Gasteiger partial charge in [-0.1, -0.05) is 18.2 Å². The maximum Gasteiger partial charge on any atom is 0.258 e. The van der Waals surface area contributed by atoms with Crippen molar-refractivity contribution in [1.82, 2.24) is 9.97 Å². The quantitative estimate of drug-likeness (QED) is 0.554. The van der Waals surface area contributed by atoms with E-state index >= 15 is 0 Å². The standard InChI is InChI=1S/C16H12N2O2/c1-20-9-6-7-11-13(8-9)18-16(19)14-10-4-2-3-5-12(10)17-15(11)14/h2-8,17H,1H3,(H,18,19). The van der Waals surface area contributed by atoms with E-state index in [4.69, 9.17) is 4.74 Å². The van der Waals surface area contributed by atoms with Crippen molar-refractivity contribution in [3.8, 4) is 5.75 Å². The van der Waals surface area contributed by atoms with Crippen molar-refractivity contribution in [3.63, 3.8) is 0 Å². The molecule has 98 valence electrons. The van der Waals surface area contributed by atoms with Crippen LogP contribution in [0.1, 0.15) is 0 Å². The predicted octanol–water partition coefficient (Wildman–Crippen LogP) is 3.17. The van der Waals surface area contributed by atoms with Crippen LogP contribution >= 0.6 is 0 Å². The van der Waals surface area contributed by atoms with Crippen LogP contribution < -0.4 is 10.3 Å². The number of benzene rings is 2. The van der Waals surface area contributed by atoms with Gasteiger partial charge in [-0.15, -0.1) is 0 Å². The number of fused-ring (bicyclic) bond motifs is 5. The van der Waals surface area contributed by atoms with Crippen molar-refractivity contribution in [2.45, 2.75) is 0 Å². The van der Waals surface area contributed by atoms with Crippen LogP contribution in [-0.4, -0.2) is 17.1 Å². The van der Waals surface area contributed by atoms with Gasteiger partial charge in [0, 0.05) is 22.4 Å². The molecule has 0 atom stereocenters. The Labute approximate surface area is 114 Å². The van der Waals surface area contributed by atoms with Crippen molar-refractivity contribution in [2.75, 3.05) is 7.11 Å². The van der Waals surface area contributed by atoms with E-state index in [1.807, 2.05) is 42.5 Å². The minimum absolute atomic E-state index is 0.0850. The van der Waals surface area contributed by atoms with Crippen LogP contribution in [0.25, 0.3) is 32.7 Å². The van der Waals surface area contributed by atoms with Gasteiger partial charge in [-0.2, -0.15) is 0 Å². The van der Waals surface area contributed by atoms with E-state index in [1.54, 1.807) is 7.11 Å². The molecule has 0 spiro atoms. The van der Waals surface area contributed by atoms with Crippen LogP contribution in [0.3, 0.4) is 0 Å². The molecule has 20 heavy (non-hydrogen) atoms. The van der Waals surface area contributed by atoms with Crippen LogP contribution in [-0.2, 0) is 0 Å². The third-order valence-corrected chi connectivity index (χ3v) is 3.68. The number of aromatic amines is 2. The number of H-pyrrole nitrogens is 2. The SMILES string of the molecule is COc1ccc2c(c1)[nH]c(=O)c1c3ccccc3[nH]c21. The molecular formula is C16H12N2O2. The van der Waals surface area contributed by atoms with Gasteiger partial charge in [0.2, 0.25) is 0 Å². The van der Waals surface area contributed by atoms with Gasteiger partial charge in [0.05, 0.1) is 23.5 Å². The van der Waals surface area contributed by atoms with Gasteiger partial charge in [-0.25, -0.2) is 0 Å². The Hall–Kier alpha value is -2.75. The molecule has 4 nitrogen and oxygen atoms in total. The van der Waals surface area contributed by atoms with Crippen molar-refractivity contribution in [1.29, 1.82) is 0 Å². The summed E-state index contributed by atoms with van der Waals surface area (Å²) in [6, 6.07) is 13.5. The van der Waals surface area contributed by atoms with E-state index in [0.717, 1.165) is 33.1 Å². The summed E-state index contributed by atoms with van der Waals surface area (Å²) in [6.45, 7) is 0. The average molecular weight is 264 g/mol. The zero-order chi connectivity index (χ0) is 13.7. The second-order valence-corrected chi connectivity index (χ2v) is 4.79. The Bertz CT molecular complexity index is 1010. The average Bonchev–Trinajstić information content (AvgIpc) is 2.86. The smallest absolute Gasteiger partial charge is 0.258 e. The number of aromatic nitrogens is 2. The van der Waals surface area contributed by atoms with Gasteiger partial charge < -0.3 is 14.7 Å². The maximum absolute atomic E-state index is 12.4. The van der Waals surface area contributed by atoms with Crippen molar-refractivity contribution in [3.05, 3.63) is 52.8 Å². The van der Waals surface area contributed by atoms with Gasteiger partial charge >= 0.3 is 0 Å². The van der Waals surface area contributed by atoms with Gasteiger partial charge in [0.15, 0.2) is 0 Å². The van der Waals surface area contributed by atoms with E-state index in [9.17, 15) is 4.79 Å². The highest BCUT2D eigenvalue weighted by molar-refractivity contribution is 6.15. The lowest BCUT2D eigenvalue weighted by Crippen LogP contribution is -2.05. The number of rotatable bonds is 1. The first-order chi connectivity index (χ1) is 9.78. The van der Waals surface area contributed by atoms with Gasteiger partial charge in [-0.3, -0.25) is 4.79 Å². The molecule has 0 aliphatic carbocycles. The molecule has 0 radical (unpaired) electrons. The molecule has 2 heterocycles. The van der Waals surface area contributed by atoms with E-state index < -0.39 is 0 Å². The first-order valence-corrected chi connectivity index (χ1v) is 6.38. The normalized spacial score (nSPS) is 11.4. The van der Waals surface area contributed by atoms with Gasteiger partial charge in [0.25, 0.3) is 5.56 Å². The fourth-order valence-electron chi connectivity index (χ4n) is 2.74. The Kier molecular flexibility index (Phi) is 2.15. The summed E-state index contributed by atoms with van der Waals surface area (Å²) in [4.78, 5) is 18.6. The van der Waals surface area contributed by atoms with Crippen LogP contribution in [0.4, 0.5) is 0 Å². The van der Waals surface area contributed by atoms with E-state index in [2.05, 4.69) is 9.97 Å². The molecule has 0 saturated carbocycles. The van der Waals surface area contributed by atoms with Gasteiger partial charge in [0.1, 0.15) is 5.75 Å². The molecule has 0 aliphatic rings. The monoisotopic (exact) mass is 264 g/mol. The van der Waals surface area contributed by atoms with E-state index in [1.165, 1.54) is 0 Å². The summed E-state index contributed by atoms with van der Waals surface area (Å²) in [5.74, 6) is 0.726. The summed E-state index contributed by atoms with van der Waals surface area (Å²) in [7, 11) is 1.61. The molecular weight excluding hydrogens is 252 g/mol. The number of pyridine rings is 1. The molecule has 0 aliphatic heterocycles. The molecule has 0 saturated heterocycles. The lowest BCUT2D eigenvalue weighted by atomic mass is 10.1. The summed E-state index contributed by atoms with van der Waals surface area (Å²) in [5.41, 5.74) is 2.52. The minimum Gasteiger partial charge on any atom is -0.497 e. The second-order valence-electron chi connectivity index (χ2n) is 4.79. The summed E-state index contributed by atoms with van der Waals surface area (Å²) in [6.07, 6.45) is 0. The highest BCUT2D eigenvalue weighted by Crippen LogP contribution is 2.28. The molecule has 4 aromatic rings. The number of hydrogen-bond donors (Lipinski definition) is 2. The van der Waals surface area contributed by atoms with Crippen molar-refractivity contribution >= 4 is 32.7 Å². The first kappa shape index (κ1) is 11.1. The summed E-state index contributed by atoms with van der Waals surface area (Å²) >= 11 is 0. The first-order valence-electron chi connectivity index (χ1n) is 6.38. The molecule has 2 N–H and O–H groups in total. The lowest BCUT2D eigenvalue weighted by Gasteiger charge is -2.03.